The normalized spacial score (nSPS) is 10.8. The predicted molar refractivity (Wildman–Crippen MR) is 100 cm³/mol. The van der Waals surface area contributed by atoms with Crippen molar-refractivity contribution in [3.63, 3.8) is 0 Å². The van der Waals surface area contributed by atoms with E-state index < -0.39 is 0 Å². The Morgan fingerprint density at radius 3 is 2.69 bits per heavy atom. The number of ether oxygens (including phenoxy) is 2. The average molecular weight is 345 g/mol. The summed E-state index contributed by atoms with van der Waals surface area (Å²) in [6, 6.07) is 15.8. The maximum Gasteiger partial charge on any atom is 0.234 e. The highest BCUT2D eigenvalue weighted by Crippen LogP contribution is 2.30. The zero-order chi connectivity index (χ0) is 17.9. The number of methoxy groups -OCH3 is 1. The first kappa shape index (κ1) is 16.1. The number of hydrogen-bond donors (Lipinski definition) is 0. The molecule has 2 aromatic carbocycles. The lowest BCUT2D eigenvalue weighted by Crippen LogP contribution is -1.94. The number of fused-ring (bicyclic) bond motifs is 1. The Balaban J connectivity index is 1.62. The minimum absolute atomic E-state index is 0.399. The summed E-state index contributed by atoms with van der Waals surface area (Å²) >= 11 is 0. The van der Waals surface area contributed by atoms with Crippen LogP contribution in [0.3, 0.4) is 0 Å². The monoisotopic (exact) mass is 345 g/mol. The Labute approximate surface area is 151 Å². The number of rotatable bonds is 5. The van der Waals surface area contributed by atoms with Gasteiger partial charge in [0.05, 0.1) is 12.8 Å². The molecule has 0 radical (unpaired) electrons. The van der Waals surface area contributed by atoms with Crippen LogP contribution in [0.5, 0.6) is 11.5 Å². The second-order valence-corrected chi connectivity index (χ2v) is 6.09. The fourth-order valence-electron chi connectivity index (χ4n) is 2.85. The van der Waals surface area contributed by atoms with Crippen molar-refractivity contribution >= 4 is 5.78 Å². The molecule has 2 aromatic heterocycles. The van der Waals surface area contributed by atoms with E-state index in [-0.39, 0.29) is 0 Å². The molecule has 5 heteroatoms. The lowest BCUT2D eigenvalue weighted by Gasteiger charge is -2.09. The third kappa shape index (κ3) is 3.24. The summed E-state index contributed by atoms with van der Waals surface area (Å²) in [6.45, 7) is 2.44. The zero-order valence-corrected chi connectivity index (χ0v) is 14.7. The van der Waals surface area contributed by atoms with Crippen molar-refractivity contribution in [2.45, 2.75) is 13.5 Å². The molecule has 0 aliphatic heterocycles. The fourth-order valence-corrected chi connectivity index (χ4v) is 2.85. The summed E-state index contributed by atoms with van der Waals surface area (Å²) in [6.07, 6.45) is 5.77. The van der Waals surface area contributed by atoms with E-state index in [1.807, 2.05) is 72.4 Å². The molecule has 4 aromatic rings. The van der Waals surface area contributed by atoms with Crippen LogP contribution < -0.4 is 9.47 Å². The molecule has 0 amide bonds. The molecule has 0 saturated carbocycles. The largest absolute Gasteiger partial charge is 0.496 e. The minimum Gasteiger partial charge on any atom is -0.496 e. The van der Waals surface area contributed by atoms with Crippen LogP contribution in [-0.4, -0.2) is 21.5 Å². The Morgan fingerprint density at radius 2 is 1.88 bits per heavy atom. The highest BCUT2D eigenvalue weighted by atomic mass is 16.5. The zero-order valence-electron chi connectivity index (χ0n) is 14.7. The van der Waals surface area contributed by atoms with Crippen molar-refractivity contribution in [3.8, 4) is 22.6 Å². The van der Waals surface area contributed by atoms with Crippen LogP contribution in [0.2, 0.25) is 0 Å². The van der Waals surface area contributed by atoms with Gasteiger partial charge in [-0.2, -0.15) is 0 Å². The van der Waals surface area contributed by atoms with E-state index >= 15 is 0 Å². The summed E-state index contributed by atoms with van der Waals surface area (Å²) < 4.78 is 13.2. The molecule has 4 rings (SSSR count). The number of aryl methyl sites for hydroxylation is 1. The van der Waals surface area contributed by atoms with E-state index in [4.69, 9.17) is 9.47 Å². The van der Waals surface area contributed by atoms with Gasteiger partial charge in [0.2, 0.25) is 5.78 Å². The first-order valence-electron chi connectivity index (χ1n) is 8.39. The third-order valence-electron chi connectivity index (χ3n) is 4.16. The molecule has 0 fully saturated rings. The van der Waals surface area contributed by atoms with Gasteiger partial charge in [-0.3, -0.25) is 4.40 Å². The minimum atomic E-state index is 0.399. The Morgan fingerprint density at radius 1 is 1.04 bits per heavy atom. The highest BCUT2D eigenvalue weighted by molar-refractivity contribution is 5.70. The number of benzene rings is 2. The van der Waals surface area contributed by atoms with Crippen LogP contribution in [0.25, 0.3) is 16.9 Å². The van der Waals surface area contributed by atoms with Crippen LogP contribution in [-0.2, 0) is 6.61 Å². The van der Waals surface area contributed by atoms with Crippen LogP contribution in [0.1, 0.15) is 11.3 Å². The molecule has 0 N–H and O–H groups in total. The van der Waals surface area contributed by atoms with E-state index in [1.54, 1.807) is 7.11 Å². The lowest BCUT2D eigenvalue weighted by atomic mass is 10.1. The van der Waals surface area contributed by atoms with Crippen LogP contribution in [0.15, 0.2) is 67.1 Å². The summed E-state index contributed by atoms with van der Waals surface area (Å²) in [5, 5.41) is 0. The number of aromatic nitrogens is 3. The molecule has 5 nitrogen and oxygen atoms in total. The van der Waals surface area contributed by atoms with Gasteiger partial charge in [-0.15, -0.1) is 0 Å². The first-order valence-corrected chi connectivity index (χ1v) is 8.39. The maximum absolute atomic E-state index is 5.76. The molecule has 0 aliphatic rings. The highest BCUT2D eigenvalue weighted by Gasteiger charge is 2.10. The van der Waals surface area contributed by atoms with Gasteiger partial charge in [-0.25, -0.2) is 9.97 Å². The molecule has 26 heavy (non-hydrogen) atoms. The molecule has 0 saturated heterocycles. The van der Waals surface area contributed by atoms with E-state index in [2.05, 4.69) is 16.0 Å². The Hall–Kier alpha value is -3.34. The second kappa shape index (κ2) is 6.88. The van der Waals surface area contributed by atoms with Crippen molar-refractivity contribution < 1.29 is 9.47 Å². The lowest BCUT2D eigenvalue weighted by molar-refractivity contribution is 0.302. The van der Waals surface area contributed by atoms with Crippen molar-refractivity contribution in [1.29, 1.82) is 0 Å². The van der Waals surface area contributed by atoms with Crippen LogP contribution in [0, 0.1) is 6.92 Å². The van der Waals surface area contributed by atoms with E-state index in [9.17, 15) is 0 Å². The summed E-state index contributed by atoms with van der Waals surface area (Å²) in [4.78, 5) is 8.99. The third-order valence-corrected chi connectivity index (χ3v) is 4.16. The summed E-state index contributed by atoms with van der Waals surface area (Å²) in [5.74, 6) is 2.30. The van der Waals surface area contributed by atoms with Gasteiger partial charge in [0.15, 0.2) is 0 Å². The van der Waals surface area contributed by atoms with Crippen molar-refractivity contribution in [2.24, 2.45) is 0 Å². The maximum atomic E-state index is 5.76. The molecule has 0 spiro atoms. The van der Waals surface area contributed by atoms with Gasteiger partial charge < -0.3 is 9.47 Å². The molecule has 0 unspecified atom stereocenters. The van der Waals surface area contributed by atoms with E-state index in [0.717, 1.165) is 33.9 Å². The number of nitrogens with zero attached hydrogens (tertiary/aromatic N) is 3. The first-order chi connectivity index (χ1) is 12.7. The van der Waals surface area contributed by atoms with Gasteiger partial charge >= 0.3 is 0 Å². The smallest absolute Gasteiger partial charge is 0.234 e. The molecule has 0 bridgehead atoms. The van der Waals surface area contributed by atoms with Gasteiger partial charge in [0, 0.05) is 29.7 Å². The van der Waals surface area contributed by atoms with Gasteiger partial charge in [0.25, 0.3) is 0 Å². The molecular formula is C21H19N3O2. The van der Waals surface area contributed by atoms with Crippen LogP contribution >= 0.6 is 0 Å². The van der Waals surface area contributed by atoms with E-state index in [0.29, 0.717) is 12.4 Å². The van der Waals surface area contributed by atoms with Gasteiger partial charge in [0.1, 0.15) is 18.1 Å². The number of para-hydroxylation sites is 1. The standard InChI is InChI=1S/C21H19N3O2/c1-15-8-9-19(20(10-15)25-2)16-11-22-21-23-17(13-24(21)12-16)14-26-18-6-4-3-5-7-18/h3-13H,14H2,1-2H3. The van der Waals surface area contributed by atoms with E-state index in [1.165, 1.54) is 0 Å². The number of imidazole rings is 1. The van der Waals surface area contributed by atoms with Crippen molar-refractivity contribution in [1.82, 2.24) is 14.4 Å². The van der Waals surface area contributed by atoms with Crippen molar-refractivity contribution in [2.75, 3.05) is 7.11 Å². The predicted octanol–water partition coefficient (Wildman–Crippen LogP) is 4.29. The molecule has 2 heterocycles. The topological polar surface area (TPSA) is 48.7 Å². The SMILES string of the molecule is COc1cc(C)ccc1-c1cnc2nc(COc3ccccc3)cn2c1. The molecule has 0 atom stereocenters. The van der Waals surface area contributed by atoms with Gasteiger partial charge in [-0.05, 0) is 30.7 Å². The van der Waals surface area contributed by atoms with Crippen molar-refractivity contribution in [3.05, 3.63) is 78.4 Å². The molecule has 130 valence electrons. The summed E-state index contributed by atoms with van der Waals surface area (Å²) in [5.41, 5.74) is 3.96. The van der Waals surface area contributed by atoms with Gasteiger partial charge in [-0.1, -0.05) is 30.3 Å². The molecule has 0 aliphatic carbocycles. The van der Waals surface area contributed by atoms with Crippen LogP contribution in [0.4, 0.5) is 0 Å². The summed E-state index contributed by atoms with van der Waals surface area (Å²) in [7, 11) is 1.68. The molecular weight excluding hydrogens is 326 g/mol. The Bertz CT molecular complexity index is 1040. The second-order valence-electron chi connectivity index (χ2n) is 6.09. The quantitative estimate of drug-likeness (QED) is 0.541. The Kier molecular flexibility index (Phi) is 4.27. The number of hydrogen-bond acceptors (Lipinski definition) is 4. The average Bonchev–Trinajstić information content (AvgIpc) is 3.09. The fraction of sp³-hybridized carbons (Fsp3) is 0.143.